The summed E-state index contributed by atoms with van der Waals surface area (Å²) >= 11 is 6.40. The largest absolute Gasteiger partial charge is 0.457 e. The van der Waals surface area contributed by atoms with Gasteiger partial charge in [-0.3, -0.25) is 4.99 Å². The molecule has 2 aromatic carbocycles. The quantitative estimate of drug-likeness (QED) is 0.602. The van der Waals surface area contributed by atoms with Crippen LogP contribution in [0.2, 0.25) is 5.02 Å². The van der Waals surface area contributed by atoms with Crippen molar-refractivity contribution in [1.82, 2.24) is 4.31 Å². The Labute approximate surface area is 183 Å². The highest BCUT2D eigenvalue weighted by Crippen LogP contribution is 2.33. The summed E-state index contributed by atoms with van der Waals surface area (Å²) in [4.78, 5) is 4.11. The number of alkyl halides is 3. The molecule has 0 radical (unpaired) electrons. The van der Waals surface area contributed by atoms with Gasteiger partial charge in [0, 0.05) is 30.6 Å². The Morgan fingerprint density at radius 2 is 1.84 bits per heavy atom. The number of ether oxygens (including phenoxy) is 1. The van der Waals surface area contributed by atoms with Crippen LogP contribution in [0.15, 0.2) is 65.2 Å². The Morgan fingerprint density at radius 1 is 1.13 bits per heavy atom. The van der Waals surface area contributed by atoms with Gasteiger partial charge < -0.3 is 4.74 Å². The number of hydrogen-bond donors (Lipinski definition) is 0. The van der Waals surface area contributed by atoms with Crippen molar-refractivity contribution >= 4 is 27.3 Å². The van der Waals surface area contributed by atoms with E-state index in [-0.39, 0.29) is 13.1 Å². The zero-order chi connectivity index (χ0) is 22.6. The van der Waals surface area contributed by atoms with Crippen LogP contribution >= 0.6 is 11.6 Å². The van der Waals surface area contributed by atoms with Gasteiger partial charge in [-0.05, 0) is 29.8 Å². The fraction of sp³-hybridized carbons (Fsp3) is 0.286. The van der Waals surface area contributed by atoms with Crippen molar-refractivity contribution in [1.29, 1.82) is 0 Å². The van der Waals surface area contributed by atoms with Gasteiger partial charge in [-0.2, -0.15) is 17.5 Å². The Kier molecular flexibility index (Phi) is 7.08. The molecule has 0 spiro atoms. The summed E-state index contributed by atoms with van der Waals surface area (Å²) in [6.45, 7) is -0.411. The minimum atomic E-state index is -4.81. The first-order chi connectivity index (χ1) is 14.6. The third-order valence-corrected chi connectivity index (χ3v) is 6.77. The smallest absolute Gasteiger partial charge is 0.404 e. The number of hydrogen-bond acceptors (Lipinski definition) is 4. The molecule has 0 saturated heterocycles. The molecule has 0 saturated carbocycles. The monoisotopic (exact) mass is 472 g/mol. The van der Waals surface area contributed by atoms with Crippen LogP contribution in [0.1, 0.15) is 5.56 Å². The SMILES string of the molecule is CN=C1CN(S(=O)(=O)CC(F)(F)F)CC=C1Cc1c(Cl)cccc1Oc1ccccc1. The lowest BCUT2D eigenvalue weighted by molar-refractivity contribution is -0.106. The predicted molar refractivity (Wildman–Crippen MR) is 115 cm³/mol. The fourth-order valence-corrected chi connectivity index (χ4v) is 4.62. The topological polar surface area (TPSA) is 59.0 Å². The van der Waals surface area contributed by atoms with Gasteiger partial charge in [0.05, 0.1) is 12.3 Å². The first kappa shape index (κ1) is 23.3. The molecule has 0 atom stereocenters. The zero-order valence-corrected chi connectivity index (χ0v) is 18.1. The predicted octanol–water partition coefficient (Wildman–Crippen LogP) is 4.88. The van der Waals surface area contributed by atoms with E-state index in [1.807, 2.05) is 18.2 Å². The van der Waals surface area contributed by atoms with Crippen molar-refractivity contribution in [2.24, 2.45) is 4.99 Å². The molecule has 5 nitrogen and oxygen atoms in total. The molecule has 1 aliphatic rings. The van der Waals surface area contributed by atoms with E-state index in [1.165, 1.54) is 7.05 Å². The average Bonchev–Trinajstić information content (AvgIpc) is 2.69. The lowest BCUT2D eigenvalue weighted by Crippen LogP contribution is -2.43. The standard InChI is InChI=1S/C21H20ClF3N2O3S/c1-26-19-13-27(31(28,29)14-21(23,24)25)11-10-15(19)12-17-18(22)8-5-9-20(17)30-16-6-3-2-4-7-16/h2-10H,11-14H2,1H3. The van der Waals surface area contributed by atoms with Crippen LogP contribution in [0.25, 0.3) is 0 Å². The third kappa shape index (κ3) is 6.09. The van der Waals surface area contributed by atoms with Gasteiger partial charge in [0.25, 0.3) is 0 Å². The highest BCUT2D eigenvalue weighted by atomic mass is 35.5. The number of aliphatic imine (C=N–C) groups is 1. The van der Waals surface area contributed by atoms with Crippen molar-refractivity contribution in [2.75, 3.05) is 25.9 Å². The summed E-state index contributed by atoms with van der Waals surface area (Å²) in [5, 5.41) is 0.455. The molecule has 1 aliphatic heterocycles. The van der Waals surface area contributed by atoms with E-state index in [9.17, 15) is 21.6 Å². The molecule has 0 bridgehead atoms. The maximum absolute atomic E-state index is 12.6. The molecular formula is C21H20ClF3N2O3S. The summed E-state index contributed by atoms with van der Waals surface area (Å²) < 4.78 is 68.9. The van der Waals surface area contributed by atoms with Crippen molar-refractivity contribution in [3.8, 4) is 11.5 Å². The Hall–Kier alpha value is -2.36. The van der Waals surface area contributed by atoms with E-state index < -0.39 is 22.0 Å². The van der Waals surface area contributed by atoms with Crippen molar-refractivity contribution < 1.29 is 26.3 Å². The van der Waals surface area contributed by atoms with Crippen molar-refractivity contribution in [3.05, 3.63) is 70.8 Å². The molecule has 0 amide bonds. The van der Waals surface area contributed by atoms with Crippen molar-refractivity contribution in [3.63, 3.8) is 0 Å². The first-order valence-corrected chi connectivity index (χ1v) is 11.3. The normalized spacial score (nSPS) is 16.9. The lowest BCUT2D eigenvalue weighted by atomic mass is 9.97. The molecule has 0 unspecified atom stereocenters. The molecule has 0 fully saturated rings. The maximum atomic E-state index is 12.6. The van der Waals surface area contributed by atoms with E-state index in [4.69, 9.17) is 16.3 Å². The van der Waals surface area contributed by atoms with Crippen LogP contribution < -0.4 is 4.74 Å². The van der Waals surface area contributed by atoms with Crippen molar-refractivity contribution in [2.45, 2.75) is 12.6 Å². The average molecular weight is 473 g/mol. The number of para-hydroxylation sites is 1. The maximum Gasteiger partial charge on any atom is 0.404 e. The summed E-state index contributed by atoms with van der Waals surface area (Å²) in [5.41, 5.74) is 1.74. The number of rotatable bonds is 6. The second-order valence-corrected chi connectivity index (χ2v) is 9.25. The second-order valence-electron chi connectivity index (χ2n) is 6.87. The highest BCUT2D eigenvalue weighted by molar-refractivity contribution is 7.89. The first-order valence-electron chi connectivity index (χ1n) is 9.29. The zero-order valence-electron chi connectivity index (χ0n) is 16.6. The van der Waals surface area contributed by atoms with E-state index >= 15 is 0 Å². The van der Waals surface area contributed by atoms with E-state index in [0.717, 1.165) is 4.31 Å². The van der Waals surface area contributed by atoms with Crippen LogP contribution in [0, 0.1) is 0 Å². The molecule has 0 aromatic heterocycles. The van der Waals surface area contributed by atoms with Crippen LogP contribution in [0.3, 0.4) is 0 Å². The molecule has 0 N–H and O–H groups in total. The van der Waals surface area contributed by atoms with E-state index in [0.29, 0.717) is 39.8 Å². The van der Waals surface area contributed by atoms with Crippen LogP contribution in [0.4, 0.5) is 13.2 Å². The molecule has 3 rings (SSSR count). The number of halogens is 4. The Balaban J connectivity index is 1.85. The van der Waals surface area contributed by atoms with Gasteiger partial charge in [-0.25, -0.2) is 8.42 Å². The number of nitrogens with zero attached hydrogens (tertiary/aromatic N) is 2. The fourth-order valence-electron chi connectivity index (χ4n) is 3.17. The van der Waals surface area contributed by atoms with Gasteiger partial charge >= 0.3 is 6.18 Å². The lowest BCUT2D eigenvalue weighted by Gasteiger charge is -2.28. The van der Waals surface area contributed by atoms with Gasteiger partial charge in [-0.15, -0.1) is 0 Å². The van der Waals surface area contributed by atoms with Gasteiger partial charge in [0.2, 0.25) is 10.0 Å². The molecule has 0 aliphatic carbocycles. The van der Waals surface area contributed by atoms with Gasteiger partial charge in [-0.1, -0.05) is 41.9 Å². The summed E-state index contributed by atoms with van der Waals surface area (Å²) in [5.74, 6) is -0.751. The van der Waals surface area contributed by atoms with Crippen LogP contribution in [-0.2, 0) is 16.4 Å². The van der Waals surface area contributed by atoms with Gasteiger partial charge in [0.1, 0.15) is 11.5 Å². The minimum Gasteiger partial charge on any atom is -0.457 e. The molecule has 10 heteroatoms. The summed E-state index contributed by atoms with van der Waals surface area (Å²) in [7, 11) is -3.04. The van der Waals surface area contributed by atoms with E-state index in [1.54, 1.807) is 36.4 Å². The molecular weight excluding hydrogens is 453 g/mol. The molecule has 31 heavy (non-hydrogen) atoms. The molecule has 166 valence electrons. The highest BCUT2D eigenvalue weighted by Gasteiger charge is 2.39. The minimum absolute atomic E-state index is 0.175. The molecule has 2 aromatic rings. The number of benzene rings is 2. The molecule has 1 heterocycles. The van der Waals surface area contributed by atoms with Crippen LogP contribution in [-0.4, -0.2) is 50.5 Å². The Morgan fingerprint density at radius 3 is 2.48 bits per heavy atom. The second kappa shape index (κ2) is 9.42. The van der Waals surface area contributed by atoms with E-state index in [2.05, 4.69) is 4.99 Å². The summed E-state index contributed by atoms with van der Waals surface area (Å²) in [6, 6.07) is 14.4. The third-order valence-electron chi connectivity index (χ3n) is 4.66. The number of sulfonamides is 1. The summed E-state index contributed by atoms with van der Waals surface area (Å²) in [6.07, 6.45) is -2.95. The van der Waals surface area contributed by atoms with Gasteiger partial charge in [0.15, 0.2) is 5.75 Å². The Bertz CT molecular complexity index is 1100. The van der Waals surface area contributed by atoms with Crippen LogP contribution in [0.5, 0.6) is 11.5 Å².